The highest BCUT2D eigenvalue weighted by molar-refractivity contribution is 6.35. The van der Waals surface area contributed by atoms with E-state index in [9.17, 15) is 9.59 Å². The molecule has 4 aromatic rings. The molecule has 0 spiro atoms. The average molecular weight is 598 g/mol. The Hall–Kier alpha value is -3.71. The summed E-state index contributed by atoms with van der Waals surface area (Å²) in [6.45, 7) is -0.0260. The first-order valence-corrected chi connectivity index (χ1v) is 13.6. The van der Waals surface area contributed by atoms with E-state index in [0.717, 1.165) is 5.56 Å². The van der Waals surface area contributed by atoms with Crippen molar-refractivity contribution >= 4 is 46.6 Å². The summed E-state index contributed by atoms with van der Waals surface area (Å²) in [6, 6.07) is 27.4. The van der Waals surface area contributed by atoms with Crippen LogP contribution in [0.2, 0.25) is 15.1 Å². The van der Waals surface area contributed by atoms with Crippen LogP contribution in [0.15, 0.2) is 97.1 Å². The third-order valence-electron chi connectivity index (χ3n) is 6.16. The number of carbonyl (C=O) groups excluding carboxylic acids is 2. The van der Waals surface area contributed by atoms with E-state index in [4.69, 9.17) is 44.3 Å². The number of para-hydroxylation sites is 1. The molecule has 0 radical (unpaired) electrons. The molecule has 9 heteroatoms. The van der Waals surface area contributed by atoms with Crippen molar-refractivity contribution in [1.29, 1.82) is 0 Å². The zero-order valence-electron chi connectivity index (χ0n) is 21.7. The van der Waals surface area contributed by atoms with Crippen LogP contribution in [0.4, 0.5) is 0 Å². The van der Waals surface area contributed by atoms with Crippen LogP contribution < -0.4 is 14.8 Å². The van der Waals surface area contributed by atoms with Gasteiger partial charge in [-0.1, -0.05) is 95.5 Å². The largest absolute Gasteiger partial charge is 0.497 e. The molecule has 0 saturated carbocycles. The highest BCUT2D eigenvalue weighted by atomic mass is 35.5. The van der Waals surface area contributed by atoms with Gasteiger partial charge in [-0.3, -0.25) is 9.59 Å². The third kappa shape index (κ3) is 7.69. The zero-order chi connectivity index (χ0) is 28.5. The summed E-state index contributed by atoms with van der Waals surface area (Å²) in [5.41, 5.74) is 2.14. The molecule has 40 heavy (non-hydrogen) atoms. The van der Waals surface area contributed by atoms with Gasteiger partial charge in [-0.2, -0.15) is 0 Å². The molecule has 206 valence electrons. The molecule has 0 bridgehead atoms. The molecule has 0 unspecified atom stereocenters. The fourth-order valence-electron chi connectivity index (χ4n) is 4.09. The lowest BCUT2D eigenvalue weighted by Crippen LogP contribution is -2.45. The van der Waals surface area contributed by atoms with Crippen LogP contribution in [-0.2, 0) is 22.7 Å². The Morgan fingerprint density at radius 1 is 0.850 bits per heavy atom. The van der Waals surface area contributed by atoms with Gasteiger partial charge < -0.3 is 19.7 Å². The van der Waals surface area contributed by atoms with Crippen LogP contribution in [0, 0.1) is 0 Å². The van der Waals surface area contributed by atoms with E-state index in [1.165, 1.54) is 4.90 Å². The van der Waals surface area contributed by atoms with Crippen molar-refractivity contribution < 1.29 is 19.1 Å². The van der Waals surface area contributed by atoms with Crippen LogP contribution in [0.1, 0.15) is 22.7 Å². The summed E-state index contributed by atoms with van der Waals surface area (Å²) < 4.78 is 11.0. The Kier molecular flexibility index (Phi) is 10.3. The maximum absolute atomic E-state index is 13.8. The monoisotopic (exact) mass is 596 g/mol. The first kappa shape index (κ1) is 29.3. The minimum absolute atomic E-state index is 0.142. The van der Waals surface area contributed by atoms with E-state index in [0.29, 0.717) is 37.7 Å². The lowest BCUT2D eigenvalue weighted by Gasteiger charge is -2.31. The van der Waals surface area contributed by atoms with Crippen LogP contribution in [0.3, 0.4) is 0 Å². The van der Waals surface area contributed by atoms with Gasteiger partial charge in [0.15, 0.2) is 6.61 Å². The molecule has 0 fully saturated rings. The van der Waals surface area contributed by atoms with Gasteiger partial charge in [0.05, 0.1) is 12.1 Å². The minimum Gasteiger partial charge on any atom is -0.497 e. The minimum atomic E-state index is -0.961. The van der Waals surface area contributed by atoms with Gasteiger partial charge in [0.1, 0.15) is 17.5 Å². The quantitative estimate of drug-likeness (QED) is 0.200. The van der Waals surface area contributed by atoms with Crippen molar-refractivity contribution in [2.75, 3.05) is 13.7 Å². The Morgan fingerprint density at radius 3 is 2.23 bits per heavy atom. The highest BCUT2D eigenvalue weighted by Gasteiger charge is 2.32. The van der Waals surface area contributed by atoms with Gasteiger partial charge in [0, 0.05) is 23.1 Å². The Balaban J connectivity index is 1.65. The second-order valence-corrected chi connectivity index (χ2v) is 10.1. The number of hydrogen-bond donors (Lipinski definition) is 1. The molecule has 0 aromatic heterocycles. The summed E-state index contributed by atoms with van der Waals surface area (Å²) >= 11 is 18.6. The SMILES string of the molecule is COc1ccc(CN(C(=O)COc2ccccc2Cl)[C@H](C(=O)NCc2ccc(Cl)cc2Cl)c2ccccc2)cc1. The van der Waals surface area contributed by atoms with Crippen LogP contribution in [-0.4, -0.2) is 30.4 Å². The summed E-state index contributed by atoms with van der Waals surface area (Å²) in [6.07, 6.45) is 0. The summed E-state index contributed by atoms with van der Waals surface area (Å²) in [7, 11) is 1.58. The zero-order valence-corrected chi connectivity index (χ0v) is 23.9. The fourth-order valence-corrected chi connectivity index (χ4v) is 4.75. The molecule has 1 atom stereocenters. The van der Waals surface area contributed by atoms with Crippen molar-refractivity contribution in [3.8, 4) is 11.5 Å². The van der Waals surface area contributed by atoms with Crippen molar-refractivity contribution in [2.24, 2.45) is 0 Å². The van der Waals surface area contributed by atoms with Crippen molar-refractivity contribution in [3.05, 3.63) is 129 Å². The van der Waals surface area contributed by atoms with Gasteiger partial charge in [-0.05, 0) is 53.1 Å². The number of methoxy groups -OCH3 is 1. The Labute approximate surface area is 248 Å². The maximum Gasteiger partial charge on any atom is 0.261 e. The molecule has 0 heterocycles. The topological polar surface area (TPSA) is 67.9 Å². The van der Waals surface area contributed by atoms with E-state index < -0.39 is 11.9 Å². The standard InChI is InChI=1S/C31H27Cl3N2O4/c1-39-25-15-11-21(12-16-25)19-36(29(37)20-40-28-10-6-5-9-26(28)33)30(22-7-3-2-4-8-22)31(38)35-18-23-13-14-24(32)17-27(23)34/h2-17,30H,18-20H2,1H3,(H,35,38)/t30-/m0/s1. The molecule has 0 aliphatic rings. The lowest BCUT2D eigenvalue weighted by molar-refractivity contribution is -0.143. The van der Waals surface area contributed by atoms with Gasteiger partial charge in [-0.15, -0.1) is 0 Å². The number of hydrogen-bond acceptors (Lipinski definition) is 4. The van der Waals surface area contributed by atoms with E-state index in [2.05, 4.69) is 5.32 Å². The van der Waals surface area contributed by atoms with Crippen LogP contribution >= 0.6 is 34.8 Å². The number of halogens is 3. The molecule has 0 saturated heterocycles. The predicted octanol–water partition coefficient (Wildman–Crippen LogP) is 7.12. The van der Waals surface area contributed by atoms with E-state index in [-0.39, 0.29) is 25.6 Å². The molecule has 2 amide bonds. The number of carbonyl (C=O) groups is 2. The second-order valence-electron chi connectivity index (χ2n) is 8.86. The molecule has 6 nitrogen and oxygen atoms in total. The summed E-state index contributed by atoms with van der Waals surface area (Å²) in [5, 5.41) is 4.25. The number of amides is 2. The first-order valence-electron chi connectivity index (χ1n) is 12.4. The van der Waals surface area contributed by atoms with E-state index in [1.807, 2.05) is 42.5 Å². The molecule has 4 aromatic carbocycles. The average Bonchev–Trinajstić information content (AvgIpc) is 2.96. The maximum atomic E-state index is 13.8. The smallest absolute Gasteiger partial charge is 0.261 e. The van der Waals surface area contributed by atoms with Crippen molar-refractivity contribution in [1.82, 2.24) is 10.2 Å². The van der Waals surface area contributed by atoms with E-state index in [1.54, 1.807) is 61.7 Å². The van der Waals surface area contributed by atoms with Crippen LogP contribution in [0.25, 0.3) is 0 Å². The first-order chi connectivity index (χ1) is 19.4. The third-order valence-corrected chi connectivity index (χ3v) is 7.06. The normalized spacial score (nSPS) is 11.4. The molecular weight excluding hydrogens is 571 g/mol. The summed E-state index contributed by atoms with van der Waals surface area (Å²) in [4.78, 5) is 29.1. The van der Waals surface area contributed by atoms with Gasteiger partial charge >= 0.3 is 0 Å². The lowest BCUT2D eigenvalue weighted by atomic mass is 10.0. The van der Waals surface area contributed by atoms with Crippen LogP contribution in [0.5, 0.6) is 11.5 Å². The number of ether oxygens (including phenoxy) is 2. The molecule has 4 rings (SSSR count). The fraction of sp³-hybridized carbons (Fsp3) is 0.161. The second kappa shape index (κ2) is 14.1. The predicted molar refractivity (Wildman–Crippen MR) is 158 cm³/mol. The Bertz CT molecular complexity index is 1450. The molecule has 1 N–H and O–H groups in total. The molecular formula is C31H27Cl3N2O4. The number of nitrogens with one attached hydrogen (secondary N) is 1. The number of rotatable bonds is 11. The van der Waals surface area contributed by atoms with Crippen molar-refractivity contribution in [3.63, 3.8) is 0 Å². The van der Waals surface area contributed by atoms with Crippen molar-refractivity contribution in [2.45, 2.75) is 19.1 Å². The number of nitrogens with zero attached hydrogens (tertiary/aromatic N) is 1. The van der Waals surface area contributed by atoms with Gasteiger partial charge in [-0.25, -0.2) is 0 Å². The Morgan fingerprint density at radius 2 is 1.55 bits per heavy atom. The highest BCUT2D eigenvalue weighted by Crippen LogP contribution is 2.27. The molecule has 0 aliphatic carbocycles. The van der Waals surface area contributed by atoms with E-state index >= 15 is 0 Å². The van der Waals surface area contributed by atoms with Gasteiger partial charge in [0.2, 0.25) is 5.91 Å². The number of benzene rings is 4. The van der Waals surface area contributed by atoms with Gasteiger partial charge in [0.25, 0.3) is 5.91 Å². The summed E-state index contributed by atoms with van der Waals surface area (Å²) in [5.74, 6) is 0.280. The molecule has 0 aliphatic heterocycles.